The van der Waals surface area contributed by atoms with Crippen molar-refractivity contribution in [2.45, 2.75) is 110 Å². The van der Waals surface area contributed by atoms with E-state index < -0.39 is 47.2 Å². The molecular weight excluding hydrogens is 767 g/mol. The Morgan fingerprint density at radius 1 is 0.764 bits per heavy atom. The number of hydrogen-bond donors (Lipinski definition) is 4. The van der Waals surface area contributed by atoms with Crippen LogP contribution in [0.15, 0.2) is 111 Å². The summed E-state index contributed by atoms with van der Waals surface area (Å²) < 4.78 is 103. The highest BCUT2D eigenvalue weighted by atomic mass is 32.2. The van der Waals surface area contributed by atoms with Crippen LogP contribution in [0.2, 0.25) is 0 Å². The fraction of sp³-hybridized carbons (Fsp3) is 0.375. The van der Waals surface area contributed by atoms with Crippen molar-refractivity contribution >= 4 is 47.7 Å². The lowest BCUT2D eigenvalue weighted by Gasteiger charge is -2.35. The summed E-state index contributed by atoms with van der Waals surface area (Å²) >= 11 is 0. The van der Waals surface area contributed by atoms with Crippen molar-refractivity contribution in [3.8, 4) is 0 Å². The molecule has 15 heteroatoms. The summed E-state index contributed by atoms with van der Waals surface area (Å²) in [6, 6.07) is 14.6. The van der Waals surface area contributed by atoms with E-state index in [0.29, 0.717) is 35.5 Å². The van der Waals surface area contributed by atoms with Gasteiger partial charge in [0, 0.05) is 28.6 Å². The third-order valence-electron chi connectivity index (χ3n) is 10.7. The van der Waals surface area contributed by atoms with E-state index in [1.807, 2.05) is 45.9 Å². The molecule has 1 aliphatic heterocycles. The van der Waals surface area contributed by atoms with E-state index in [-0.39, 0.29) is 27.0 Å². The van der Waals surface area contributed by atoms with Crippen molar-refractivity contribution < 1.29 is 48.8 Å². The molecule has 1 aliphatic carbocycles. The van der Waals surface area contributed by atoms with Gasteiger partial charge in [-0.3, -0.25) is 18.5 Å². The van der Waals surface area contributed by atoms with Gasteiger partial charge in [0.05, 0.1) is 20.4 Å². The summed E-state index contributed by atoms with van der Waals surface area (Å²) in [7, 11) is -13.6. The Bertz CT molecular complexity index is 2410. The lowest BCUT2D eigenvalue weighted by molar-refractivity contribution is -0.137. The molecule has 0 saturated heterocycles. The predicted octanol–water partition coefficient (Wildman–Crippen LogP) is 8.50. The second-order valence-electron chi connectivity index (χ2n) is 15.1. The minimum absolute atomic E-state index is 0.102. The SMILES string of the molecule is CC1(C)C(/C=C/C=C2/N(c3cccc(S(=O)(=O)O)c3)c3ccc(S(=O)(=O)O)cc3C2(C)C)=CCCC(CCCCCCC(=O)O)c2ccc(S(=O)(=O)O)cc21. The van der Waals surface area contributed by atoms with Gasteiger partial charge >= 0.3 is 5.97 Å². The molecule has 0 radical (unpaired) electrons. The van der Waals surface area contributed by atoms with Gasteiger partial charge in [0.15, 0.2) is 0 Å². The maximum absolute atomic E-state index is 12.3. The molecule has 5 rings (SSSR count). The maximum atomic E-state index is 12.3. The van der Waals surface area contributed by atoms with E-state index in [9.17, 15) is 43.7 Å². The zero-order valence-electron chi connectivity index (χ0n) is 31.1. The number of aliphatic carboxylic acids is 1. The lowest BCUT2D eigenvalue weighted by atomic mass is 9.70. The molecular formula is C40H47NO11S3. The van der Waals surface area contributed by atoms with Gasteiger partial charge in [-0.25, -0.2) is 0 Å². The van der Waals surface area contributed by atoms with Crippen molar-refractivity contribution in [3.05, 3.63) is 113 Å². The number of allylic oxidation sites excluding steroid dienone is 6. The van der Waals surface area contributed by atoms with E-state index in [0.717, 1.165) is 48.8 Å². The number of unbranched alkanes of at least 4 members (excludes halogenated alkanes) is 3. The fourth-order valence-corrected chi connectivity index (χ4v) is 9.24. The standard InChI is InChI=1S/C40H47NO11S3/c1-39(2)28(14-9-13-27(12-7-5-6-8-19-38(42)43)33-22-20-31(25-34(33)39)54(47,48)49)15-10-18-37-40(3,4)35-26-32(55(50,51)52)21-23-36(35)41(37)29-16-11-17-30(24-29)53(44,45)46/h10-11,14-18,20-27H,5-9,12-13,19H2,1-4H3,(H,42,43)(H,44,45,46)(H,47,48,49)(H,50,51,52)/b15-10+,28-14?,37-18+. The maximum Gasteiger partial charge on any atom is 0.303 e. The first-order valence-corrected chi connectivity index (χ1v) is 22.3. The molecule has 0 saturated carbocycles. The molecule has 1 atom stereocenters. The van der Waals surface area contributed by atoms with Gasteiger partial charge in [-0.05, 0) is 108 Å². The van der Waals surface area contributed by atoms with Crippen LogP contribution in [0, 0.1) is 0 Å². The molecule has 0 aromatic heterocycles. The predicted molar refractivity (Wildman–Crippen MR) is 210 cm³/mol. The van der Waals surface area contributed by atoms with Crippen LogP contribution in [-0.4, -0.2) is 50.0 Å². The zero-order chi connectivity index (χ0) is 40.6. The normalized spacial score (nSPS) is 19.1. The van der Waals surface area contributed by atoms with Gasteiger partial charge < -0.3 is 10.0 Å². The van der Waals surface area contributed by atoms with Gasteiger partial charge in [0.2, 0.25) is 0 Å². The summed E-state index contributed by atoms with van der Waals surface area (Å²) in [6.45, 7) is 7.70. The number of benzene rings is 3. The van der Waals surface area contributed by atoms with Gasteiger partial charge in [-0.15, -0.1) is 0 Å². The van der Waals surface area contributed by atoms with E-state index in [1.165, 1.54) is 48.5 Å². The molecule has 3 aromatic carbocycles. The number of nitrogens with zero attached hydrogens (tertiary/aromatic N) is 1. The fourth-order valence-electron chi connectivity index (χ4n) is 7.70. The van der Waals surface area contributed by atoms with Gasteiger partial charge in [0.25, 0.3) is 30.4 Å². The number of fused-ring (bicyclic) bond motifs is 2. The van der Waals surface area contributed by atoms with Gasteiger partial charge in [0.1, 0.15) is 0 Å². The van der Waals surface area contributed by atoms with Crippen LogP contribution in [0.4, 0.5) is 11.4 Å². The number of carboxylic acid groups (broad SMARTS) is 1. The Kier molecular flexibility index (Phi) is 12.1. The molecule has 1 unspecified atom stereocenters. The van der Waals surface area contributed by atoms with E-state index >= 15 is 0 Å². The molecule has 55 heavy (non-hydrogen) atoms. The van der Waals surface area contributed by atoms with Crippen LogP contribution in [0.25, 0.3) is 0 Å². The molecule has 1 heterocycles. The van der Waals surface area contributed by atoms with Crippen molar-refractivity contribution in [3.63, 3.8) is 0 Å². The monoisotopic (exact) mass is 813 g/mol. The number of carbonyl (C=O) groups is 1. The number of anilines is 2. The highest BCUT2D eigenvalue weighted by Gasteiger charge is 2.42. The Balaban J connectivity index is 1.56. The molecule has 0 amide bonds. The first kappa shape index (κ1) is 42.0. The summed E-state index contributed by atoms with van der Waals surface area (Å²) in [5, 5.41) is 8.96. The van der Waals surface area contributed by atoms with Crippen LogP contribution in [0.1, 0.15) is 102 Å². The molecule has 296 valence electrons. The van der Waals surface area contributed by atoms with Crippen LogP contribution >= 0.6 is 0 Å². The Morgan fingerprint density at radius 3 is 2.00 bits per heavy atom. The number of rotatable bonds is 13. The lowest BCUT2D eigenvalue weighted by Crippen LogP contribution is -2.25. The van der Waals surface area contributed by atoms with Gasteiger partial charge in [-0.1, -0.05) is 77.3 Å². The molecule has 4 N–H and O–H groups in total. The van der Waals surface area contributed by atoms with Crippen molar-refractivity contribution in [2.24, 2.45) is 0 Å². The third-order valence-corrected chi connectivity index (χ3v) is 13.2. The smallest absolute Gasteiger partial charge is 0.303 e. The summed E-state index contributed by atoms with van der Waals surface area (Å²) in [5.41, 5.74) is 3.06. The first-order valence-electron chi connectivity index (χ1n) is 18.0. The minimum Gasteiger partial charge on any atom is -0.481 e. The van der Waals surface area contributed by atoms with E-state index in [1.54, 1.807) is 17.0 Å². The van der Waals surface area contributed by atoms with E-state index in [2.05, 4.69) is 6.08 Å². The third kappa shape index (κ3) is 9.30. The second-order valence-corrected chi connectivity index (χ2v) is 19.4. The average molecular weight is 814 g/mol. The molecule has 0 bridgehead atoms. The van der Waals surface area contributed by atoms with Crippen molar-refractivity contribution in [1.82, 2.24) is 0 Å². The van der Waals surface area contributed by atoms with Crippen LogP contribution in [0.3, 0.4) is 0 Å². The summed E-state index contributed by atoms with van der Waals surface area (Å²) in [6.07, 6.45) is 13.3. The van der Waals surface area contributed by atoms with Gasteiger partial charge in [-0.2, -0.15) is 25.3 Å². The first-order chi connectivity index (χ1) is 25.5. The minimum atomic E-state index is -4.56. The summed E-state index contributed by atoms with van der Waals surface area (Å²) in [4.78, 5) is 11.8. The Labute approximate surface area is 323 Å². The Hall–Kier alpha value is -4.12. The van der Waals surface area contributed by atoms with Crippen LogP contribution in [-0.2, 0) is 46.0 Å². The zero-order valence-corrected chi connectivity index (χ0v) is 33.6. The number of hydrogen-bond acceptors (Lipinski definition) is 8. The van der Waals surface area contributed by atoms with Crippen LogP contribution < -0.4 is 4.90 Å². The largest absolute Gasteiger partial charge is 0.481 e. The summed E-state index contributed by atoms with van der Waals surface area (Å²) in [5.74, 6) is -0.710. The highest BCUT2D eigenvalue weighted by molar-refractivity contribution is 7.86. The van der Waals surface area contributed by atoms with Crippen molar-refractivity contribution in [2.75, 3.05) is 4.90 Å². The topological polar surface area (TPSA) is 204 Å². The molecule has 2 aliphatic rings. The highest BCUT2D eigenvalue weighted by Crippen LogP contribution is 2.52. The molecule has 12 nitrogen and oxygen atoms in total. The Morgan fingerprint density at radius 2 is 1.36 bits per heavy atom. The number of carboxylic acids is 1. The van der Waals surface area contributed by atoms with Crippen LogP contribution in [0.5, 0.6) is 0 Å². The van der Waals surface area contributed by atoms with Crippen molar-refractivity contribution in [1.29, 1.82) is 0 Å². The second kappa shape index (κ2) is 15.8. The quantitative estimate of drug-likeness (QED) is 0.0948. The molecule has 0 spiro atoms. The molecule has 0 fully saturated rings. The average Bonchev–Trinajstić information content (AvgIpc) is 3.31. The molecule has 3 aromatic rings. The van der Waals surface area contributed by atoms with E-state index in [4.69, 9.17) is 5.11 Å².